The number of piperidine rings is 1. The number of aromatic nitrogens is 2. The van der Waals surface area contributed by atoms with E-state index in [2.05, 4.69) is 10.3 Å². The summed E-state index contributed by atoms with van der Waals surface area (Å²) in [6.45, 7) is 1.76. The third-order valence-corrected chi connectivity index (χ3v) is 5.94. The molecule has 0 atom stereocenters. The number of hydrogen-bond acceptors (Lipinski definition) is 4. The molecule has 0 spiro atoms. The fourth-order valence-electron chi connectivity index (χ4n) is 3.52. The molecule has 3 aromatic heterocycles. The van der Waals surface area contributed by atoms with Gasteiger partial charge in [0.1, 0.15) is 5.69 Å². The van der Waals surface area contributed by atoms with E-state index in [4.69, 9.17) is 0 Å². The smallest absolute Gasteiger partial charge is 0.270 e. The van der Waals surface area contributed by atoms with Gasteiger partial charge < -0.3 is 14.8 Å². The number of likely N-dealkylation sites (tertiary alicyclic amines) is 1. The van der Waals surface area contributed by atoms with Gasteiger partial charge in [0, 0.05) is 36.3 Å². The Morgan fingerprint density at radius 2 is 2.00 bits per heavy atom. The Labute approximate surface area is 167 Å². The number of pyridine rings is 1. The van der Waals surface area contributed by atoms with Crippen LogP contribution in [0.1, 0.15) is 28.2 Å². The molecule has 1 saturated heterocycles. The number of nitrogens with one attached hydrogen (secondary N) is 1. The molecule has 1 aliphatic rings. The highest BCUT2D eigenvalue weighted by Gasteiger charge is 2.28. The highest BCUT2D eigenvalue weighted by Crippen LogP contribution is 2.21. The number of amides is 2. The first kappa shape index (κ1) is 18.4. The second kappa shape index (κ2) is 8.39. The summed E-state index contributed by atoms with van der Waals surface area (Å²) in [5.41, 5.74) is 1.48. The number of thiophene rings is 1. The third-order valence-electron chi connectivity index (χ3n) is 5.06. The molecule has 28 heavy (non-hydrogen) atoms. The van der Waals surface area contributed by atoms with E-state index in [0.29, 0.717) is 38.2 Å². The number of carbonyl (C=O) groups is 2. The van der Waals surface area contributed by atoms with Crippen LogP contribution in [-0.2, 0) is 11.3 Å². The first-order chi connectivity index (χ1) is 13.7. The summed E-state index contributed by atoms with van der Waals surface area (Å²) in [5, 5.41) is 5.02. The molecule has 4 heterocycles. The molecular weight excluding hydrogens is 372 g/mol. The van der Waals surface area contributed by atoms with Gasteiger partial charge in [0.05, 0.1) is 18.4 Å². The molecule has 2 amide bonds. The highest BCUT2D eigenvalue weighted by atomic mass is 32.1. The zero-order chi connectivity index (χ0) is 19.3. The van der Waals surface area contributed by atoms with Crippen LogP contribution < -0.4 is 5.32 Å². The maximum absolute atomic E-state index is 13.0. The molecule has 3 aromatic rings. The van der Waals surface area contributed by atoms with Crippen molar-refractivity contribution < 1.29 is 9.59 Å². The Hall–Kier alpha value is -2.93. The topological polar surface area (TPSA) is 67.2 Å². The maximum atomic E-state index is 13.0. The van der Waals surface area contributed by atoms with Crippen molar-refractivity contribution in [2.75, 3.05) is 13.1 Å². The van der Waals surface area contributed by atoms with Crippen LogP contribution in [-0.4, -0.2) is 39.4 Å². The van der Waals surface area contributed by atoms with Crippen molar-refractivity contribution in [2.24, 2.45) is 5.92 Å². The molecule has 0 aliphatic carbocycles. The molecule has 1 N–H and O–H groups in total. The van der Waals surface area contributed by atoms with Gasteiger partial charge in [-0.05, 0) is 48.6 Å². The number of carbonyl (C=O) groups excluding carboxylic acids is 2. The van der Waals surface area contributed by atoms with Gasteiger partial charge in [-0.1, -0.05) is 6.07 Å². The zero-order valence-corrected chi connectivity index (χ0v) is 16.3. The van der Waals surface area contributed by atoms with Crippen LogP contribution in [0.25, 0.3) is 5.69 Å². The van der Waals surface area contributed by atoms with Crippen LogP contribution in [0.4, 0.5) is 0 Å². The largest absolute Gasteiger partial charge is 0.351 e. The van der Waals surface area contributed by atoms with Gasteiger partial charge >= 0.3 is 0 Å². The Kier molecular flexibility index (Phi) is 5.53. The molecule has 0 bridgehead atoms. The average Bonchev–Trinajstić information content (AvgIpc) is 3.44. The van der Waals surface area contributed by atoms with Gasteiger partial charge in [0.15, 0.2) is 0 Å². The highest BCUT2D eigenvalue weighted by molar-refractivity contribution is 7.09. The van der Waals surface area contributed by atoms with Crippen molar-refractivity contribution in [3.05, 3.63) is 70.9 Å². The van der Waals surface area contributed by atoms with Gasteiger partial charge in [-0.15, -0.1) is 11.3 Å². The predicted octanol–water partition coefficient (Wildman–Crippen LogP) is 3.10. The summed E-state index contributed by atoms with van der Waals surface area (Å²) < 4.78 is 1.86. The molecule has 4 rings (SSSR count). The van der Waals surface area contributed by atoms with Crippen molar-refractivity contribution in [1.82, 2.24) is 19.8 Å². The third kappa shape index (κ3) is 3.99. The molecular formula is C21H22N4O2S. The van der Waals surface area contributed by atoms with Crippen LogP contribution >= 0.6 is 11.3 Å². The lowest BCUT2D eigenvalue weighted by Crippen LogP contribution is -2.43. The zero-order valence-electron chi connectivity index (χ0n) is 15.5. The molecule has 0 saturated carbocycles. The van der Waals surface area contributed by atoms with E-state index in [9.17, 15) is 9.59 Å². The molecule has 0 unspecified atom stereocenters. The van der Waals surface area contributed by atoms with E-state index in [1.165, 1.54) is 0 Å². The quantitative estimate of drug-likeness (QED) is 0.723. The van der Waals surface area contributed by atoms with Crippen LogP contribution in [0.3, 0.4) is 0 Å². The van der Waals surface area contributed by atoms with E-state index in [-0.39, 0.29) is 17.7 Å². The lowest BCUT2D eigenvalue weighted by atomic mass is 9.95. The van der Waals surface area contributed by atoms with Crippen molar-refractivity contribution in [3.63, 3.8) is 0 Å². The first-order valence-electron chi connectivity index (χ1n) is 9.39. The van der Waals surface area contributed by atoms with Gasteiger partial charge in [0.2, 0.25) is 5.91 Å². The summed E-state index contributed by atoms with van der Waals surface area (Å²) in [4.78, 5) is 32.5. The lowest BCUT2D eigenvalue weighted by molar-refractivity contribution is -0.126. The van der Waals surface area contributed by atoms with E-state index in [1.807, 2.05) is 57.4 Å². The van der Waals surface area contributed by atoms with Crippen LogP contribution in [0.5, 0.6) is 0 Å². The van der Waals surface area contributed by atoms with Gasteiger partial charge in [-0.25, -0.2) is 0 Å². The second-order valence-electron chi connectivity index (χ2n) is 6.84. The number of rotatable bonds is 5. The molecule has 6 nitrogen and oxygen atoms in total. The minimum atomic E-state index is -0.0332. The van der Waals surface area contributed by atoms with Crippen LogP contribution in [0, 0.1) is 5.92 Å². The molecule has 7 heteroatoms. The summed E-state index contributed by atoms with van der Waals surface area (Å²) in [6.07, 6.45) is 6.70. The number of hydrogen-bond donors (Lipinski definition) is 1. The Morgan fingerprint density at radius 1 is 1.14 bits per heavy atom. The normalized spacial score (nSPS) is 14.8. The summed E-state index contributed by atoms with van der Waals surface area (Å²) in [7, 11) is 0. The fourth-order valence-corrected chi connectivity index (χ4v) is 4.16. The maximum Gasteiger partial charge on any atom is 0.270 e. The SMILES string of the molecule is O=C(NCc1cccs1)C1CCN(C(=O)c2cccn2-c2cccnc2)CC1. The summed E-state index contributed by atoms with van der Waals surface area (Å²) in [5.74, 6) is 0.0413. The van der Waals surface area contributed by atoms with Crippen LogP contribution in [0.15, 0.2) is 60.4 Å². The fraction of sp³-hybridized carbons (Fsp3) is 0.286. The van der Waals surface area contributed by atoms with E-state index < -0.39 is 0 Å². The lowest BCUT2D eigenvalue weighted by Gasteiger charge is -2.31. The minimum absolute atomic E-state index is 0.00806. The minimum Gasteiger partial charge on any atom is -0.351 e. The van der Waals surface area contributed by atoms with Crippen LogP contribution in [0.2, 0.25) is 0 Å². The Balaban J connectivity index is 1.35. The first-order valence-corrected chi connectivity index (χ1v) is 10.3. The van der Waals surface area contributed by atoms with Gasteiger partial charge in [-0.2, -0.15) is 0 Å². The monoisotopic (exact) mass is 394 g/mol. The molecule has 144 valence electrons. The van der Waals surface area contributed by atoms with Gasteiger partial charge in [0.25, 0.3) is 5.91 Å². The van der Waals surface area contributed by atoms with E-state index in [0.717, 1.165) is 10.6 Å². The summed E-state index contributed by atoms with van der Waals surface area (Å²) in [6, 6.07) is 11.5. The molecule has 1 aliphatic heterocycles. The summed E-state index contributed by atoms with van der Waals surface area (Å²) >= 11 is 1.64. The van der Waals surface area contributed by atoms with Crippen molar-refractivity contribution in [2.45, 2.75) is 19.4 Å². The van der Waals surface area contributed by atoms with Crippen molar-refractivity contribution in [1.29, 1.82) is 0 Å². The predicted molar refractivity (Wildman–Crippen MR) is 108 cm³/mol. The second-order valence-corrected chi connectivity index (χ2v) is 7.87. The molecule has 0 aromatic carbocycles. The Morgan fingerprint density at radius 3 is 2.71 bits per heavy atom. The molecule has 0 radical (unpaired) electrons. The standard InChI is InChI=1S/C21H22N4O2S/c26-20(23-15-18-5-3-13-28-18)16-7-11-24(12-8-16)21(27)19-6-2-10-25(19)17-4-1-9-22-14-17/h1-6,9-10,13-14,16H,7-8,11-12,15H2,(H,23,26). The van der Waals surface area contributed by atoms with Crippen molar-refractivity contribution in [3.8, 4) is 5.69 Å². The average molecular weight is 395 g/mol. The van der Waals surface area contributed by atoms with Gasteiger partial charge in [-0.3, -0.25) is 14.6 Å². The van der Waals surface area contributed by atoms with E-state index in [1.54, 1.807) is 23.7 Å². The van der Waals surface area contributed by atoms with Crippen molar-refractivity contribution >= 4 is 23.2 Å². The van der Waals surface area contributed by atoms with E-state index >= 15 is 0 Å². The Bertz CT molecular complexity index is 928. The number of nitrogens with zero attached hydrogens (tertiary/aromatic N) is 3. The molecule has 1 fully saturated rings.